The molecule has 2 aliphatic rings. The Morgan fingerprint density at radius 3 is 3.06 bits per heavy atom. The summed E-state index contributed by atoms with van der Waals surface area (Å²) in [6.07, 6.45) is 1.07. The molecule has 2 unspecified atom stereocenters. The van der Waals surface area contributed by atoms with E-state index in [1.165, 1.54) is 11.3 Å². The Bertz CT molecular complexity index is 430. The molecule has 4 heteroatoms. The molecule has 1 aromatic rings. The molecule has 2 N–H and O–H groups in total. The van der Waals surface area contributed by atoms with Gasteiger partial charge in [-0.15, -0.1) is 0 Å². The first-order valence-corrected chi connectivity index (χ1v) is 6.42. The van der Waals surface area contributed by atoms with Gasteiger partial charge >= 0.3 is 0 Å². The minimum atomic E-state index is 0.318. The van der Waals surface area contributed by atoms with Crippen LogP contribution in [0.5, 0.6) is 0 Å². The van der Waals surface area contributed by atoms with Gasteiger partial charge in [0.2, 0.25) is 0 Å². The van der Waals surface area contributed by atoms with Crippen molar-refractivity contribution >= 4 is 21.6 Å². The SMILES string of the molecule is Brc1ccccc1C1NN=C2CCNCC21. The summed E-state index contributed by atoms with van der Waals surface area (Å²) in [4.78, 5) is 0. The fourth-order valence-electron chi connectivity index (χ4n) is 2.48. The second-order valence-electron chi connectivity index (χ2n) is 4.29. The number of nitrogens with one attached hydrogen (secondary N) is 2. The summed E-state index contributed by atoms with van der Waals surface area (Å²) < 4.78 is 1.16. The standard InChI is InChI=1S/C12H14BrN3/c13-10-4-2-1-3-8(10)12-9-7-14-6-5-11(9)15-16-12/h1-4,9,12,14,16H,5-7H2. The molecular formula is C12H14BrN3. The number of hydrogen-bond acceptors (Lipinski definition) is 3. The quantitative estimate of drug-likeness (QED) is 0.826. The first-order chi connectivity index (χ1) is 7.86. The van der Waals surface area contributed by atoms with E-state index in [-0.39, 0.29) is 0 Å². The highest BCUT2D eigenvalue weighted by Gasteiger charge is 2.34. The van der Waals surface area contributed by atoms with Crippen LogP contribution in [0.4, 0.5) is 0 Å². The molecule has 2 heterocycles. The lowest BCUT2D eigenvalue weighted by atomic mass is 9.87. The topological polar surface area (TPSA) is 36.4 Å². The van der Waals surface area contributed by atoms with Crippen LogP contribution in [0.1, 0.15) is 18.0 Å². The van der Waals surface area contributed by atoms with Gasteiger partial charge in [-0.25, -0.2) is 0 Å². The van der Waals surface area contributed by atoms with Gasteiger partial charge in [0.15, 0.2) is 0 Å². The third-order valence-corrected chi connectivity index (χ3v) is 4.06. The van der Waals surface area contributed by atoms with E-state index in [9.17, 15) is 0 Å². The van der Waals surface area contributed by atoms with Gasteiger partial charge in [0.05, 0.1) is 6.04 Å². The van der Waals surface area contributed by atoms with Crippen molar-refractivity contribution in [3.05, 3.63) is 34.3 Å². The molecule has 0 aromatic heterocycles. The van der Waals surface area contributed by atoms with Gasteiger partial charge in [-0.3, -0.25) is 0 Å². The van der Waals surface area contributed by atoms with Crippen LogP contribution < -0.4 is 10.7 Å². The molecule has 0 bridgehead atoms. The largest absolute Gasteiger partial charge is 0.316 e. The van der Waals surface area contributed by atoms with E-state index in [1.807, 2.05) is 6.07 Å². The molecule has 16 heavy (non-hydrogen) atoms. The molecule has 2 aliphatic heterocycles. The van der Waals surface area contributed by atoms with Crippen molar-refractivity contribution in [2.24, 2.45) is 11.0 Å². The molecule has 84 valence electrons. The van der Waals surface area contributed by atoms with E-state index in [2.05, 4.69) is 50.0 Å². The Kier molecular flexibility index (Phi) is 2.69. The number of hydrogen-bond donors (Lipinski definition) is 2. The third kappa shape index (κ3) is 1.66. The van der Waals surface area contributed by atoms with Crippen molar-refractivity contribution in [3.8, 4) is 0 Å². The Morgan fingerprint density at radius 1 is 1.31 bits per heavy atom. The van der Waals surface area contributed by atoms with Gasteiger partial charge in [0.25, 0.3) is 0 Å². The van der Waals surface area contributed by atoms with Gasteiger partial charge in [-0.2, -0.15) is 5.10 Å². The van der Waals surface area contributed by atoms with Gasteiger partial charge in [-0.05, 0) is 11.6 Å². The maximum Gasteiger partial charge on any atom is 0.0793 e. The molecule has 0 saturated carbocycles. The number of halogens is 1. The average Bonchev–Trinajstić information content (AvgIpc) is 2.74. The lowest BCUT2D eigenvalue weighted by Gasteiger charge is -2.25. The van der Waals surface area contributed by atoms with Crippen LogP contribution >= 0.6 is 15.9 Å². The first-order valence-electron chi connectivity index (χ1n) is 5.63. The van der Waals surface area contributed by atoms with E-state index >= 15 is 0 Å². The molecule has 0 spiro atoms. The van der Waals surface area contributed by atoms with Crippen molar-refractivity contribution in [3.63, 3.8) is 0 Å². The second-order valence-corrected chi connectivity index (χ2v) is 5.15. The number of hydrazone groups is 1. The molecule has 3 rings (SSSR count). The zero-order valence-corrected chi connectivity index (χ0v) is 10.5. The zero-order chi connectivity index (χ0) is 11.0. The highest BCUT2D eigenvalue weighted by atomic mass is 79.9. The highest BCUT2D eigenvalue weighted by Crippen LogP contribution is 2.33. The zero-order valence-electron chi connectivity index (χ0n) is 8.91. The Balaban J connectivity index is 1.90. The van der Waals surface area contributed by atoms with Crippen LogP contribution in [0.2, 0.25) is 0 Å². The lowest BCUT2D eigenvalue weighted by molar-refractivity contribution is 0.449. The number of rotatable bonds is 1. The molecule has 1 saturated heterocycles. The maximum atomic E-state index is 4.46. The Labute approximate surface area is 103 Å². The predicted octanol–water partition coefficient (Wildman–Crippen LogP) is 2.06. The number of piperidine rings is 1. The summed E-state index contributed by atoms with van der Waals surface area (Å²) >= 11 is 3.61. The van der Waals surface area contributed by atoms with Crippen LogP contribution in [-0.4, -0.2) is 18.8 Å². The summed E-state index contributed by atoms with van der Waals surface area (Å²) in [5.41, 5.74) is 5.89. The molecule has 1 fully saturated rings. The molecule has 0 amide bonds. The van der Waals surface area contributed by atoms with E-state index in [1.54, 1.807) is 0 Å². The third-order valence-electron chi connectivity index (χ3n) is 3.34. The summed E-state index contributed by atoms with van der Waals surface area (Å²) in [5.74, 6) is 0.507. The molecule has 0 radical (unpaired) electrons. The molecule has 0 aliphatic carbocycles. The fraction of sp³-hybridized carbons (Fsp3) is 0.417. The lowest BCUT2D eigenvalue weighted by Crippen LogP contribution is -2.38. The number of nitrogens with zero attached hydrogens (tertiary/aromatic N) is 1. The minimum Gasteiger partial charge on any atom is -0.316 e. The maximum absolute atomic E-state index is 4.46. The summed E-state index contributed by atoms with van der Waals surface area (Å²) in [6, 6.07) is 8.69. The van der Waals surface area contributed by atoms with Crippen LogP contribution in [-0.2, 0) is 0 Å². The van der Waals surface area contributed by atoms with Crippen LogP contribution in [0, 0.1) is 5.92 Å². The summed E-state index contributed by atoms with van der Waals surface area (Å²) in [6.45, 7) is 2.08. The first kappa shape index (κ1) is 10.3. The van der Waals surface area contributed by atoms with Crippen molar-refractivity contribution in [2.45, 2.75) is 12.5 Å². The Hall–Kier alpha value is -0.870. The monoisotopic (exact) mass is 279 g/mol. The van der Waals surface area contributed by atoms with Crippen LogP contribution in [0.3, 0.4) is 0 Å². The molecular weight excluding hydrogens is 266 g/mol. The van der Waals surface area contributed by atoms with E-state index in [0.29, 0.717) is 12.0 Å². The minimum absolute atomic E-state index is 0.318. The van der Waals surface area contributed by atoms with Crippen molar-refractivity contribution in [1.29, 1.82) is 0 Å². The van der Waals surface area contributed by atoms with Gasteiger partial charge in [-0.1, -0.05) is 34.1 Å². The molecule has 3 nitrogen and oxygen atoms in total. The van der Waals surface area contributed by atoms with E-state index < -0.39 is 0 Å². The van der Waals surface area contributed by atoms with Gasteiger partial charge in [0.1, 0.15) is 0 Å². The number of fused-ring (bicyclic) bond motifs is 1. The second kappa shape index (κ2) is 4.18. The highest BCUT2D eigenvalue weighted by molar-refractivity contribution is 9.10. The molecule has 2 atom stereocenters. The summed E-state index contributed by atoms with van der Waals surface area (Å²) in [5, 5.41) is 7.90. The Morgan fingerprint density at radius 2 is 2.19 bits per heavy atom. The average molecular weight is 280 g/mol. The van der Waals surface area contributed by atoms with Crippen molar-refractivity contribution in [2.75, 3.05) is 13.1 Å². The van der Waals surface area contributed by atoms with Crippen LogP contribution in [0.25, 0.3) is 0 Å². The van der Waals surface area contributed by atoms with Crippen molar-refractivity contribution < 1.29 is 0 Å². The van der Waals surface area contributed by atoms with Gasteiger partial charge < -0.3 is 10.7 Å². The predicted molar refractivity (Wildman–Crippen MR) is 68.4 cm³/mol. The normalized spacial score (nSPS) is 28.2. The number of benzene rings is 1. The smallest absolute Gasteiger partial charge is 0.0793 e. The molecule has 1 aromatic carbocycles. The van der Waals surface area contributed by atoms with E-state index in [4.69, 9.17) is 0 Å². The van der Waals surface area contributed by atoms with Gasteiger partial charge in [0, 0.05) is 35.6 Å². The summed E-state index contributed by atoms with van der Waals surface area (Å²) in [7, 11) is 0. The van der Waals surface area contributed by atoms with E-state index in [0.717, 1.165) is 24.0 Å². The fourth-order valence-corrected chi connectivity index (χ4v) is 3.01. The van der Waals surface area contributed by atoms with Crippen LogP contribution in [0.15, 0.2) is 33.8 Å². The van der Waals surface area contributed by atoms with Crippen molar-refractivity contribution in [1.82, 2.24) is 10.7 Å².